The number of anilines is 1. The van der Waals surface area contributed by atoms with Gasteiger partial charge in [-0.25, -0.2) is 14.4 Å². The molecule has 1 aromatic carbocycles. The zero-order valence-corrected chi connectivity index (χ0v) is 11.1. The van der Waals surface area contributed by atoms with Crippen LogP contribution >= 0.6 is 22.6 Å². The second kappa shape index (κ2) is 4.82. The van der Waals surface area contributed by atoms with Crippen LogP contribution in [0.25, 0.3) is 0 Å². The van der Waals surface area contributed by atoms with Crippen LogP contribution in [0.4, 0.5) is 10.1 Å². The molecule has 17 heavy (non-hydrogen) atoms. The van der Waals surface area contributed by atoms with E-state index in [1.54, 1.807) is 19.2 Å². The molecule has 0 spiro atoms. The number of hydrogen-bond acceptors (Lipinski definition) is 4. The van der Waals surface area contributed by atoms with Gasteiger partial charge in [0.15, 0.2) is 11.6 Å². The molecule has 0 fully saturated rings. The highest BCUT2D eigenvalue weighted by Gasteiger charge is 2.10. The summed E-state index contributed by atoms with van der Waals surface area (Å²) >= 11 is 2.02. The zero-order valence-electron chi connectivity index (χ0n) is 8.95. The Bertz CT molecular complexity index is 562. The van der Waals surface area contributed by atoms with E-state index in [2.05, 4.69) is 9.97 Å². The van der Waals surface area contributed by atoms with Crippen molar-refractivity contribution in [2.45, 2.75) is 6.92 Å². The summed E-state index contributed by atoms with van der Waals surface area (Å²) in [5.41, 5.74) is 6.74. The molecule has 2 rings (SSSR count). The van der Waals surface area contributed by atoms with Crippen LogP contribution in [-0.4, -0.2) is 9.97 Å². The van der Waals surface area contributed by atoms with Crippen LogP contribution < -0.4 is 10.5 Å². The molecule has 1 heterocycles. The lowest BCUT2D eigenvalue weighted by molar-refractivity contribution is 0.423. The Morgan fingerprint density at radius 3 is 2.88 bits per heavy atom. The van der Waals surface area contributed by atoms with Gasteiger partial charge in [0.2, 0.25) is 5.88 Å². The first-order valence-electron chi connectivity index (χ1n) is 4.77. The van der Waals surface area contributed by atoms with E-state index in [9.17, 15) is 4.39 Å². The molecule has 0 radical (unpaired) electrons. The maximum Gasteiger partial charge on any atom is 0.235 e. The van der Waals surface area contributed by atoms with Crippen molar-refractivity contribution in [2.24, 2.45) is 0 Å². The van der Waals surface area contributed by atoms with Crippen molar-refractivity contribution in [3.63, 3.8) is 0 Å². The number of nitrogen functional groups attached to an aromatic ring is 1. The van der Waals surface area contributed by atoms with Gasteiger partial charge >= 0.3 is 0 Å². The largest absolute Gasteiger partial charge is 0.435 e. The molecule has 0 amide bonds. The zero-order chi connectivity index (χ0) is 12.4. The van der Waals surface area contributed by atoms with Crippen LogP contribution in [0.1, 0.15) is 5.56 Å². The van der Waals surface area contributed by atoms with Crippen molar-refractivity contribution >= 4 is 28.3 Å². The third-order valence-corrected chi connectivity index (χ3v) is 2.90. The second-order valence-corrected chi connectivity index (χ2v) is 4.58. The first-order valence-corrected chi connectivity index (χ1v) is 5.85. The van der Waals surface area contributed by atoms with Crippen LogP contribution in [0.15, 0.2) is 24.7 Å². The fourth-order valence-electron chi connectivity index (χ4n) is 1.23. The third kappa shape index (κ3) is 2.63. The van der Waals surface area contributed by atoms with Gasteiger partial charge in [0.05, 0.1) is 3.57 Å². The Balaban J connectivity index is 2.37. The Hall–Kier alpha value is -1.44. The summed E-state index contributed by atoms with van der Waals surface area (Å²) in [4.78, 5) is 7.76. The summed E-state index contributed by atoms with van der Waals surface area (Å²) in [5, 5.41) is 0. The van der Waals surface area contributed by atoms with Gasteiger partial charge in [0, 0.05) is 18.0 Å². The smallest absolute Gasteiger partial charge is 0.235 e. The van der Waals surface area contributed by atoms with Crippen molar-refractivity contribution in [1.29, 1.82) is 0 Å². The fraction of sp³-hybridized carbons (Fsp3) is 0.0909. The molecule has 0 aliphatic carbocycles. The molecule has 0 aliphatic heterocycles. The molecule has 0 unspecified atom stereocenters. The Kier molecular flexibility index (Phi) is 3.41. The fourth-order valence-corrected chi connectivity index (χ4v) is 1.64. The predicted molar refractivity (Wildman–Crippen MR) is 70.4 cm³/mol. The molecule has 0 atom stereocenters. The van der Waals surface area contributed by atoms with Gasteiger partial charge in [-0.05, 0) is 41.1 Å². The monoisotopic (exact) mass is 345 g/mol. The van der Waals surface area contributed by atoms with E-state index >= 15 is 0 Å². The number of aryl methyl sites for hydroxylation is 1. The van der Waals surface area contributed by atoms with Crippen LogP contribution in [0.3, 0.4) is 0 Å². The van der Waals surface area contributed by atoms with Crippen molar-refractivity contribution in [3.8, 4) is 11.6 Å². The average molecular weight is 345 g/mol. The molecular weight excluding hydrogens is 336 g/mol. The number of rotatable bonds is 2. The van der Waals surface area contributed by atoms with E-state index in [0.29, 0.717) is 15.1 Å². The topological polar surface area (TPSA) is 61.0 Å². The molecule has 88 valence electrons. The summed E-state index contributed by atoms with van der Waals surface area (Å²) in [5.74, 6) is -0.0838. The van der Waals surface area contributed by atoms with Crippen molar-refractivity contribution in [3.05, 3.63) is 39.6 Å². The van der Waals surface area contributed by atoms with Crippen LogP contribution in [0.2, 0.25) is 0 Å². The standard InChI is InChI=1S/C11H9FIN3O/c1-6-2-10(7(12)3-9(6)14)17-11-8(13)4-15-5-16-11/h2-5H,14H2,1H3. The van der Waals surface area contributed by atoms with Crippen molar-refractivity contribution in [1.82, 2.24) is 9.97 Å². The lowest BCUT2D eigenvalue weighted by Crippen LogP contribution is -1.97. The summed E-state index contributed by atoms with van der Waals surface area (Å²) in [6, 6.07) is 2.78. The predicted octanol–water partition coefficient (Wildman–Crippen LogP) is 2.90. The summed E-state index contributed by atoms with van der Waals surface area (Å²) in [7, 11) is 0. The molecule has 0 saturated heterocycles. The van der Waals surface area contributed by atoms with Gasteiger partial charge in [0.1, 0.15) is 6.33 Å². The molecule has 1 aromatic heterocycles. The first kappa shape index (κ1) is 12.0. The van der Waals surface area contributed by atoms with E-state index in [4.69, 9.17) is 10.5 Å². The highest BCUT2D eigenvalue weighted by Crippen LogP contribution is 2.29. The average Bonchev–Trinajstić information content (AvgIpc) is 2.29. The highest BCUT2D eigenvalue weighted by molar-refractivity contribution is 14.1. The number of benzene rings is 1. The van der Waals surface area contributed by atoms with Crippen molar-refractivity contribution in [2.75, 3.05) is 5.73 Å². The normalized spacial score (nSPS) is 10.3. The number of halogens is 2. The summed E-state index contributed by atoms with van der Waals surface area (Å²) in [6.45, 7) is 1.78. The van der Waals surface area contributed by atoms with E-state index in [1.165, 1.54) is 12.4 Å². The van der Waals surface area contributed by atoms with Crippen LogP contribution in [-0.2, 0) is 0 Å². The van der Waals surface area contributed by atoms with Crippen molar-refractivity contribution < 1.29 is 9.13 Å². The lowest BCUT2D eigenvalue weighted by atomic mass is 10.2. The van der Waals surface area contributed by atoms with Gasteiger partial charge in [-0.2, -0.15) is 0 Å². The molecule has 0 saturated carbocycles. The number of nitrogens with two attached hydrogens (primary N) is 1. The van der Waals surface area contributed by atoms with Crippen LogP contribution in [0.5, 0.6) is 11.6 Å². The molecule has 2 aromatic rings. The maximum absolute atomic E-state index is 13.6. The molecule has 2 N–H and O–H groups in total. The van der Waals surface area contributed by atoms with Crippen LogP contribution in [0, 0.1) is 16.3 Å². The first-order chi connectivity index (χ1) is 8.08. The quantitative estimate of drug-likeness (QED) is 0.672. The highest BCUT2D eigenvalue weighted by atomic mass is 127. The Morgan fingerprint density at radius 1 is 1.41 bits per heavy atom. The van der Waals surface area contributed by atoms with Gasteiger partial charge in [-0.1, -0.05) is 0 Å². The molecule has 0 bridgehead atoms. The van der Waals surface area contributed by atoms with Gasteiger partial charge in [-0.15, -0.1) is 0 Å². The minimum Gasteiger partial charge on any atom is -0.435 e. The molecule has 0 aliphatic rings. The second-order valence-electron chi connectivity index (χ2n) is 3.42. The maximum atomic E-state index is 13.6. The minimum absolute atomic E-state index is 0.105. The third-order valence-electron chi connectivity index (χ3n) is 2.16. The molecular formula is C11H9FIN3O. The molecule has 4 nitrogen and oxygen atoms in total. The van der Waals surface area contributed by atoms with Gasteiger partial charge in [-0.3, -0.25) is 0 Å². The number of nitrogens with zero attached hydrogens (tertiary/aromatic N) is 2. The number of aromatic nitrogens is 2. The SMILES string of the molecule is Cc1cc(Oc2ncncc2I)c(F)cc1N. The number of hydrogen-bond donors (Lipinski definition) is 1. The lowest BCUT2D eigenvalue weighted by Gasteiger charge is -2.09. The Morgan fingerprint density at radius 2 is 2.18 bits per heavy atom. The minimum atomic E-state index is -0.512. The van der Waals surface area contributed by atoms with E-state index in [0.717, 1.165) is 5.56 Å². The van der Waals surface area contributed by atoms with Gasteiger partial charge in [0.25, 0.3) is 0 Å². The van der Waals surface area contributed by atoms with E-state index in [1.807, 2.05) is 22.6 Å². The molecule has 6 heteroatoms. The van der Waals surface area contributed by atoms with Gasteiger partial charge < -0.3 is 10.5 Å². The number of ether oxygens (including phenoxy) is 1. The van der Waals surface area contributed by atoms with E-state index < -0.39 is 5.82 Å². The van der Waals surface area contributed by atoms with E-state index in [-0.39, 0.29) is 5.75 Å². The summed E-state index contributed by atoms with van der Waals surface area (Å²) < 4.78 is 19.7. The summed E-state index contributed by atoms with van der Waals surface area (Å²) in [6.07, 6.45) is 2.94. The Labute approximate surface area is 111 Å².